The second-order valence-corrected chi connectivity index (χ2v) is 9.65. The fourth-order valence-electron chi connectivity index (χ4n) is 4.12. The van der Waals surface area contributed by atoms with Gasteiger partial charge in [-0.1, -0.05) is 110 Å². The molecule has 0 aliphatic carbocycles. The van der Waals surface area contributed by atoms with Crippen molar-refractivity contribution in [1.82, 2.24) is 0 Å². The van der Waals surface area contributed by atoms with Gasteiger partial charge in [-0.25, -0.2) is 0 Å². The molecular weight excluding hydrogens is 350 g/mol. The highest BCUT2D eigenvalue weighted by atomic mass is 35.5. The van der Waals surface area contributed by atoms with Gasteiger partial charge in [0.05, 0.1) is 27.2 Å². The van der Waals surface area contributed by atoms with Crippen molar-refractivity contribution in [2.75, 3.05) is 21.1 Å². The molecule has 0 aromatic heterocycles. The predicted molar refractivity (Wildman–Crippen MR) is 121 cm³/mol. The largest absolute Gasteiger partial charge is 1.00 e. The topological polar surface area (TPSA) is 0 Å². The Balaban J connectivity index is 0. The summed E-state index contributed by atoms with van der Waals surface area (Å²) in [6, 6.07) is 0.874. The van der Waals surface area contributed by atoms with Crippen LogP contribution in [0.1, 0.15) is 136 Å². The molecular formula is C25H54ClN. The lowest BCUT2D eigenvalue weighted by Gasteiger charge is -2.34. The molecule has 0 N–H and O–H groups in total. The van der Waals surface area contributed by atoms with Crippen molar-refractivity contribution in [1.29, 1.82) is 0 Å². The fourth-order valence-corrected chi connectivity index (χ4v) is 4.12. The number of hydrogen-bond donors (Lipinski definition) is 0. The Morgan fingerprint density at radius 2 is 0.704 bits per heavy atom. The SMILES string of the molecule is CCCCCCCCCCCCCCCCC(CCCCC)[N+](C)(C)C.[Cl-]. The average molecular weight is 404 g/mol. The highest BCUT2D eigenvalue weighted by Gasteiger charge is 2.22. The molecule has 1 unspecified atom stereocenters. The van der Waals surface area contributed by atoms with Gasteiger partial charge in [0.25, 0.3) is 0 Å². The van der Waals surface area contributed by atoms with Crippen molar-refractivity contribution < 1.29 is 16.9 Å². The molecule has 0 bridgehead atoms. The summed E-state index contributed by atoms with van der Waals surface area (Å²) in [5, 5.41) is 0. The van der Waals surface area contributed by atoms with Gasteiger partial charge in [-0.2, -0.15) is 0 Å². The van der Waals surface area contributed by atoms with Crippen molar-refractivity contribution >= 4 is 0 Å². The van der Waals surface area contributed by atoms with Gasteiger partial charge >= 0.3 is 0 Å². The van der Waals surface area contributed by atoms with Gasteiger partial charge in [0, 0.05) is 0 Å². The minimum Gasteiger partial charge on any atom is -1.00 e. The van der Waals surface area contributed by atoms with Crippen LogP contribution in [0.3, 0.4) is 0 Å². The third-order valence-corrected chi connectivity index (χ3v) is 6.13. The minimum atomic E-state index is 0. The molecule has 0 saturated heterocycles. The molecule has 1 atom stereocenters. The van der Waals surface area contributed by atoms with Crippen LogP contribution in [0.4, 0.5) is 0 Å². The lowest BCUT2D eigenvalue weighted by Crippen LogP contribution is -3.00. The predicted octanol–water partition coefficient (Wildman–Crippen LogP) is 5.52. The average Bonchev–Trinajstić information content (AvgIpc) is 2.59. The molecule has 0 aliphatic rings. The molecule has 0 saturated carbocycles. The summed E-state index contributed by atoms with van der Waals surface area (Å²) < 4.78 is 1.15. The van der Waals surface area contributed by atoms with Crippen LogP contribution in [0.15, 0.2) is 0 Å². The quantitative estimate of drug-likeness (QED) is 0.185. The van der Waals surface area contributed by atoms with E-state index in [2.05, 4.69) is 35.0 Å². The van der Waals surface area contributed by atoms with Gasteiger partial charge in [-0.05, 0) is 25.7 Å². The normalized spacial score (nSPS) is 12.8. The molecule has 27 heavy (non-hydrogen) atoms. The van der Waals surface area contributed by atoms with Crippen LogP contribution in [0.25, 0.3) is 0 Å². The molecule has 0 aromatic rings. The first-order valence-electron chi connectivity index (χ1n) is 12.3. The van der Waals surface area contributed by atoms with Crippen LogP contribution in [0.5, 0.6) is 0 Å². The van der Waals surface area contributed by atoms with E-state index < -0.39 is 0 Å². The fraction of sp³-hybridized carbons (Fsp3) is 1.00. The van der Waals surface area contributed by atoms with Crippen molar-refractivity contribution in [3.63, 3.8) is 0 Å². The summed E-state index contributed by atoms with van der Waals surface area (Å²) in [7, 11) is 7.17. The smallest absolute Gasteiger partial charge is 0.0884 e. The summed E-state index contributed by atoms with van der Waals surface area (Å²) in [6.07, 6.45) is 27.5. The highest BCUT2D eigenvalue weighted by Crippen LogP contribution is 2.20. The van der Waals surface area contributed by atoms with Gasteiger partial charge in [0.15, 0.2) is 0 Å². The molecule has 0 radical (unpaired) electrons. The summed E-state index contributed by atoms with van der Waals surface area (Å²) in [4.78, 5) is 0. The van der Waals surface area contributed by atoms with Gasteiger partial charge in [-0.3, -0.25) is 0 Å². The maximum Gasteiger partial charge on any atom is 0.0884 e. The van der Waals surface area contributed by atoms with Gasteiger partial charge in [0.2, 0.25) is 0 Å². The first kappa shape index (κ1) is 29.5. The van der Waals surface area contributed by atoms with E-state index in [0.717, 1.165) is 10.5 Å². The zero-order chi connectivity index (χ0) is 19.5. The third kappa shape index (κ3) is 20.8. The lowest BCUT2D eigenvalue weighted by molar-refractivity contribution is -0.896. The minimum absolute atomic E-state index is 0. The second kappa shape index (κ2) is 21.0. The first-order chi connectivity index (χ1) is 12.5. The second-order valence-electron chi connectivity index (χ2n) is 9.65. The number of nitrogens with zero attached hydrogens (tertiary/aromatic N) is 1. The van der Waals surface area contributed by atoms with Crippen molar-refractivity contribution in [3.05, 3.63) is 0 Å². The monoisotopic (exact) mass is 403 g/mol. The zero-order valence-corrected chi connectivity index (χ0v) is 20.6. The van der Waals surface area contributed by atoms with E-state index >= 15 is 0 Å². The highest BCUT2D eigenvalue weighted by molar-refractivity contribution is 4.60. The summed E-state index contributed by atoms with van der Waals surface area (Å²) in [5.41, 5.74) is 0. The van der Waals surface area contributed by atoms with Crippen LogP contribution in [-0.4, -0.2) is 31.7 Å². The van der Waals surface area contributed by atoms with Crippen LogP contribution >= 0.6 is 0 Å². The van der Waals surface area contributed by atoms with E-state index in [1.807, 2.05) is 0 Å². The van der Waals surface area contributed by atoms with Crippen LogP contribution in [0.2, 0.25) is 0 Å². The van der Waals surface area contributed by atoms with Gasteiger partial charge in [0.1, 0.15) is 0 Å². The number of hydrogen-bond acceptors (Lipinski definition) is 0. The summed E-state index contributed by atoms with van der Waals surface area (Å²) in [6.45, 7) is 4.62. The number of unbranched alkanes of at least 4 members (excludes halogenated alkanes) is 15. The lowest BCUT2D eigenvalue weighted by atomic mass is 9.98. The Morgan fingerprint density at radius 3 is 1.04 bits per heavy atom. The Labute approximate surface area is 180 Å². The molecule has 1 nitrogen and oxygen atoms in total. The van der Waals surface area contributed by atoms with Crippen LogP contribution < -0.4 is 12.4 Å². The third-order valence-electron chi connectivity index (χ3n) is 6.13. The summed E-state index contributed by atoms with van der Waals surface area (Å²) in [5.74, 6) is 0. The molecule has 0 amide bonds. The van der Waals surface area contributed by atoms with Crippen molar-refractivity contribution in [2.24, 2.45) is 0 Å². The molecule has 0 heterocycles. The molecule has 0 aliphatic heterocycles. The van der Waals surface area contributed by atoms with Crippen LogP contribution in [-0.2, 0) is 0 Å². The standard InChI is InChI=1S/C25H54N.ClH/c1-6-8-10-11-12-13-14-15-16-17-18-19-20-22-24-25(26(3,4)5)23-21-9-7-2;/h25H,6-24H2,1-5H3;1H/q+1;/p-1. The Morgan fingerprint density at radius 1 is 0.444 bits per heavy atom. The Hall–Kier alpha value is 0.250. The van der Waals surface area contributed by atoms with E-state index in [9.17, 15) is 0 Å². The van der Waals surface area contributed by atoms with E-state index in [1.54, 1.807) is 0 Å². The number of halogens is 1. The molecule has 0 spiro atoms. The van der Waals surface area contributed by atoms with Gasteiger partial charge < -0.3 is 16.9 Å². The zero-order valence-electron chi connectivity index (χ0n) is 19.8. The molecule has 0 fully saturated rings. The molecule has 2 heteroatoms. The maximum atomic E-state index is 2.39. The Bertz CT molecular complexity index is 272. The van der Waals surface area contributed by atoms with E-state index in [-0.39, 0.29) is 12.4 Å². The number of rotatable bonds is 20. The molecule has 0 rings (SSSR count). The van der Waals surface area contributed by atoms with Crippen molar-refractivity contribution in [2.45, 2.75) is 142 Å². The van der Waals surface area contributed by atoms with E-state index in [0.29, 0.717) is 0 Å². The van der Waals surface area contributed by atoms with E-state index in [1.165, 1.54) is 122 Å². The van der Waals surface area contributed by atoms with Gasteiger partial charge in [-0.15, -0.1) is 0 Å². The first-order valence-corrected chi connectivity index (χ1v) is 12.3. The Kier molecular flexibility index (Phi) is 22.9. The maximum absolute atomic E-state index is 2.39. The van der Waals surface area contributed by atoms with Crippen molar-refractivity contribution in [3.8, 4) is 0 Å². The van der Waals surface area contributed by atoms with E-state index in [4.69, 9.17) is 0 Å². The molecule has 0 aromatic carbocycles. The number of quaternary nitrogens is 1. The van der Waals surface area contributed by atoms with Crippen LogP contribution in [0, 0.1) is 0 Å². The molecule has 166 valence electrons. The summed E-state index contributed by atoms with van der Waals surface area (Å²) >= 11 is 0.